The Morgan fingerprint density at radius 2 is 1.58 bits per heavy atom. The lowest BCUT2D eigenvalue weighted by Gasteiger charge is -2.10. The molecule has 2 rings (SSSR count). The Morgan fingerprint density at radius 1 is 0.958 bits per heavy atom. The van der Waals surface area contributed by atoms with Crippen molar-refractivity contribution in [2.45, 2.75) is 6.92 Å². The minimum Gasteiger partial charge on any atom is -0.492 e. The van der Waals surface area contributed by atoms with Crippen molar-refractivity contribution in [3.63, 3.8) is 0 Å². The fraction of sp³-hybridized carbons (Fsp3) is 0.278. The second kappa shape index (κ2) is 9.39. The van der Waals surface area contributed by atoms with Crippen LogP contribution in [0.1, 0.15) is 5.56 Å². The normalized spacial score (nSPS) is 10.1. The number of halogens is 1. The predicted octanol–water partition coefficient (Wildman–Crippen LogP) is 2.89. The van der Waals surface area contributed by atoms with E-state index in [0.717, 1.165) is 5.75 Å². The number of amides is 2. The van der Waals surface area contributed by atoms with Crippen LogP contribution in [-0.2, 0) is 0 Å². The van der Waals surface area contributed by atoms with Gasteiger partial charge in [0, 0.05) is 6.07 Å². The maximum Gasteiger partial charge on any atom is 0.315 e. The van der Waals surface area contributed by atoms with E-state index >= 15 is 0 Å². The van der Waals surface area contributed by atoms with Gasteiger partial charge in [-0.1, -0.05) is 23.8 Å². The van der Waals surface area contributed by atoms with Crippen molar-refractivity contribution >= 4 is 6.03 Å². The van der Waals surface area contributed by atoms with Crippen LogP contribution >= 0.6 is 0 Å². The van der Waals surface area contributed by atoms with Crippen LogP contribution in [0.5, 0.6) is 11.5 Å². The Morgan fingerprint density at radius 3 is 2.21 bits per heavy atom. The summed E-state index contributed by atoms with van der Waals surface area (Å²) in [6.07, 6.45) is 0. The number of benzene rings is 2. The molecule has 2 aromatic carbocycles. The lowest BCUT2D eigenvalue weighted by molar-refractivity contribution is 0.232. The van der Waals surface area contributed by atoms with E-state index in [1.165, 1.54) is 17.7 Å². The highest BCUT2D eigenvalue weighted by atomic mass is 19.1. The van der Waals surface area contributed by atoms with Gasteiger partial charge in [0.05, 0.1) is 13.1 Å². The molecule has 2 N–H and O–H groups in total. The number of carbonyl (C=O) groups is 1. The molecule has 24 heavy (non-hydrogen) atoms. The third-order valence-electron chi connectivity index (χ3n) is 3.13. The van der Waals surface area contributed by atoms with Crippen LogP contribution in [0.4, 0.5) is 9.18 Å². The van der Waals surface area contributed by atoms with Gasteiger partial charge in [-0.05, 0) is 31.2 Å². The molecule has 0 heterocycles. The Balaban J connectivity index is 1.53. The van der Waals surface area contributed by atoms with Gasteiger partial charge >= 0.3 is 6.03 Å². The van der Waals surface area contributed by atoms with Crippen LogP contribution in [0.25, 0.3) is 0 Å². The molecule has 0 bridgehead atoms. The van der Waals surface area contributed by atoms with Crippen molar-refractivity contribution < 1.29 is 18.7 Å². The third-order valence-corrected chi connectivity index (χ3v) is 3.13. The van der Waals surface area contributed by atoms with Crippen molar-refractivity contribution in [2.75, 3.05) is 26.3 Å². The summed E-state index contributed by atoms with van der Waals surface area (Å²) in [4.78, 5) is 11.6. The van der Waals surface area contributed by atoms with Gasteiger partial charge in [0.25, 0.3) is 0 Å². The SMILES string of the molecule is Cc1ccc(OCCNC(=O)NCCOc2cccc(F)c2)cc1. The highest BCUT2D eigenvalue weighted by Crippen LogP contribution is 2.11. The summed E-state index contributed by atoms with van der Waals surface area (Å²) in [7, 11) is 0. The number of carbonyl (C=O) groups excluding carboxylic acids is 1. The molecule has 0 aliphatic heterocycles. The maximum absolute atomic E-state index is 12.9. The molecule has 2 aromatic rings. The van der Waals surface area contributed by atoms with E-state index in [4.69, 9.17) is 9.47 Å². The summed E-state index contributed by atoms with van der Waals surface area (Å²) < 4.78 is 23.8. The molecule has 128 valence electrons. The zero-order valence-electron chi connectivity index (χ0n) is 13.5. The average Bonchev–Trinajstić information content (AvgIpc) is 2.57. The van der Waals surface area contributed by atoms with E-state index in [1.54, 1.807) is 12.1 Å². The minimum absolute atomic E-state index is 0.261. The molecule has 0 unspecified atom stereocenters. The summed E-state index contributed by atoms with van der Waals surface area (Å²) in [6, 6.07) is 13.3. The standard InChI is InChI=1S/C18H21FN2O3/c1-14-5-7-16(8-6-14)23-11-9-20-18(22)21-10-12-24-17-4-2-3-15(19)13-17/h2-8,13H,9-12H2,1H3,(H2,20,21,22). The smallest absolute Gasteiger partial charge is 0.315 e. The third kappa shape index (κ3) is 6.56. The number of hydrogen-bond acceptors (Lipinski definition) is 3. The minimum atomic E-state index is -0.355. The molecule has 0 aromatic heterocycles. The molecule has 0 atom stereocenters. The molecule has 0 fully saturated rings. The number of rotatable bonds is 8. The van der Waals surface area contributed by atoms with Crippen LogP contribution < -0.4 is 20.1 Å². The Kier molecular flexibility index (Phi) is 6.89. The number of urea groups is 1. The van der Waals surface area contributed by atoms with E-state index in [1.807, 2.05) is 31.2 Å². The molecule has 0 aliphatic carbocycles. The fourth-order valence-corrected chi connectivity index (χ4v) is 1.92. The van der Waals surface area contributed by atoms with Crippen molar-refractivity contribution in [1.82, 2.24) is 10.6 Å². The number of aryl methyl sites for hydroxylation is 1. The van der Waals surface area contributed by atoms with E-state index in [2.05, 4.69) is 10.6 Å². The second-order valence-corrected chi connectivity index (χ2v) is 5.15. The van der Waals surface area contributed by atoms with Crippen LogP contribution in [0.15, 0.2) is 48.5 Å². The topological polar surface area (TPSA) is 59.6 Å². The van der Waals surface area contributed by atoms with Gasteiger partial charge < -0.3 is 20.1 Å². The quantitative estimate of drug-likeness (QED) is 0.731. The van der Waals surface area contributed by atoms with Gasteiger partial charge in [-0.3, -0.25) is 0 Å². The first-order chi connectivity index (χ1) is 11.6. The monoisotopic (exact) mass is 332 g/mol. The first-order valence-electron chi connectivity index (χ1n) is 7.73. The van der Waals surface area contributed by atoms with Crippen molar-refractivity contribution in [3.05, 3.63) is 59.9 Å². The Hall–Kier alpha value is -2.76. The highest BCUT2D eigenvalue weighted by molar-refractivity contribution is 5.73. The van der Waals surface area contributed by atoms with Crippen molar-refractivity contribution in [2.24, 2.45) is 0 Å². The molecular formula is C18H21FN2O3. The van der Waals surface area contributed by atoms with E-state index in [-0.39, 0.29) is 18.5 Å². The van der Waals surface area contributed by atoms with E-state index in [9.17, 15) is 9.18 Å². The first-order valence-corrected chi connectivity index (χ1v) is 7.73. The molecule has 0 aliphatic rings. The summed E-state index contributed by atoms with van der Waals surface area (Å²) in [5.41, 5.74) is 1.17. The lowest BCUT2D eigenvalue weighted by atomic mass is 10.2. The van der Waals surface area contributed by atoms with Gasteiger partial charge in [-0.25, -0.2) is 9.18 Å². The Labute approximate surface area is 140 Å². The first kappa shape index (κ1) is 17.6. The number of hydrogen-bond donors (Lipinski definition) is 2. The average molecular weight is 332 g/mol. The highest BCUT2D eigenvalue weighted by Gasteiger charge is 2.00. The summed E-state index contributed by atoms with van der Waals surface area (Å²) in [6.45, 7) is 3.37. The van der Waals surface area contributed by atoms with Gasteiger partial charge in [-0.2, -0.15) is 0 Å². The second-order valence-electron chi connectivity index (χ2n) is 5.15. The number of nitrogens with one attached hydrogen (secondary N) is 2. The van der Waals surface area contributed by atoms with E-state index < -0.39 is 0 Å². The summed E-state index contributed by atoms with van der Waals surface area (Å²) in [5, 5.41) is 5.33. The maximum atomic E-state index is 12.9. The fourth-order valence-electron chi connectivity index (χ4n) is 1.92. The van der Waals surface area contributed by atoms with Crippen molar-refractivity contribution in [3.8, 4) is 11.5 Å². The number of ether oxygens (including phenoxy) is 2. The largest absolute Gasteiger partial charge is 0.492 e. The lowest BCUT2D eigenvalue weighted by Crippen LogP contribution is -2.39. The molecule has 0 saturated heterocycles. The molecule has 0 saturated carbocycles. The van der Waals surface area contributed by atoms with Gasteiger partial charge in [0.15, 0.2) is 0 Å². The van der Waals surface area contributed by atoms with Crippen LogP contribution in [0.3, 0.4) is 0 Å². The molecule has 5 nitrogen and oxygen atoms in total. The van der Waals surface area contributed by atoms with Crippen LogP contribution in [0, 0.1) is 12.7 Å². The molecule has 0 spiro atoms. The summed E-state index contributed by atoms with van der Waals surface area (Å²) in [5.74, 6) is 0.849. The summed E-state index contributed by atoms with van der Waals surface area (Å²) >= 11 is 0. The zero-order valence-corrected chi connectivity index (χ0v) is 13.5. The molecular weight excluding hydrogens is 311 g/mol. The molecule has 2 amide bonds. The van der Waals surface area contributed by atoms with Gasteiger partial charge in [-0.15, -0.1) is 0 Å². The molecule has 6 heteroatoms. The van der Waals surface area contributed by atoms with Crippen LogP contribution in [-0.4, -0.2) is 32.3 Å². The van der Waals surface area contributed by atoms with E-state index in [0.29, 0.717) is 25.4 Å². The zero-order chi connectivity index (χ0) is 17.2. The molecule has 0 radical (unpaired) electrons. The van der Waals surface area contributed by atoms with Crippen LogP contribution in [0.2, 0.25) is 0 Å². The Bertz CT molecular complexity index is 647. The van der Waals surface area contributed by atoms with Crippen molar-refractivity contribution in [1.29, 1.82) is 0 Å². The van der Waals surface area contributed by atoms with Gasteiger partial charge in [0.2, 0.25) is 0 Å². The predicted molar refractivity (Wildman–Crippen MR) is 90.0 cm³/mol. The van der Waals surface area contributed by atoms with Gasteiger partial charge in [0.1, 0.15) is 30.5 Å².